The summed E-state index contributed by atoms with van der Waals surface area (Å²) in [6, 6.07) is 5.39. The molecular weight excluding hydrogens is 391 g/mol. The van der Waals surface area contributed by atoms with E-state index in [1.54, 1.807) is 6.92 Å². The van der Waals surface area contributed by atoms with Crippen LogP contribution in [0.2, 0.25) is 0 Å². The maximum absolute atomic E-state index is 12.8. The van der Waals surface area contributed by atoms with Crippen LogP contribution in [0.15, 0.2) is 34.9 Å². The zero-order valence-electron chi connectivity index (χ0n) is 16.1. The summed E-state index contributed by atoms with van der Waals surface area (Å²) in [5, 5.41) is 6.16. The van der Waals surface area contributed by atoms with Gasteiger partial charge in [0.25, 0.3) is 5.91 Å². The number of halogens is 3. The van der Waals surface area contributed by atoms with Gasteiger partial charge < -0.3 is 19.5 Å². The highest BCUT2D eigenvalue weighted by atomic mass is 19.4. The molecule has 0 spiro atoms. The molecule has 0 radical (unpaired) electrons. The Balaban J connectivity index is 2.08. The Morgan fingerprint density at radius 2 is 1.93 bits per heavy atom. The van der Waals surface area contributed by atoms with E-state index >= 15 is 0 Å². The van der Waals surface area contributed by atoms with Gasteiger partial charge in [0.15, 0.2) is 5.82 Å². The zero-order chi connectivity index (χ0) is 21.4. The van der Waals surface area contributed by atoms with Crippen molar-refractivity contribution in [3.63, 3.8) is 0 Å². The molecule has 29 heavy (non-hydrogen) atoms. The number of rotatable bonds is 9. The molecule has 0 aliphatic heterocycles. The number of carbonyl (C=O) groups is 2. The Morgan fingerprint density at radius 3 is 2.48 bits per heavy atom. The minimum Gasteiger partial charge on any atom is -0.382 e. The van der Waals surface area contributed by atoms with Crippen LogP contribution in [-0.4, -0.2) is 48.2 Å². The molecular formula is C19H22F3N3O4. The molecule has 7 nitrogen and oxygen atoms in total. The second-order valence-electron chi connectivity index (χ2n) is 6.22. The molecule has 1 heterocycles. The lowest BCUT2D eigenvalue weighted by molar-refractivity contribution is -0.137. The average Bonchev–Trinajstić information content (AvgIpc) is 3.07. The molecule has 0 saturated heterocycles. The summed E-state index contributed by atoms with van der Waals surface area (Å²) in [5.41, 5.74) is -0.796. The van der Waals surface area contributed by atoms with Crippen LogP contribution in [0.5, 0.6) is 0 Å². The first-order chi connectivity index (χ1) is 13.7. The van der Waals surface area contributed by atoms with Gasteiger partial charge >= 0.3 is 6.18 Å². The van der Waals surface area contributed by atoms with Gasteiger partial charge in [-0.1, -0.05) is 5.16 Å². The maximum atomic E-state index is 12.8. The molecule has 1 aromatic heterocycles. The van der Waals surface area contributed by atoms with Crippen LogP contribution in [0.1, 0.15) is 35.0 Å². The average molecular weight is 413 g/mol. The van der Waals surface area contributed by atoms with Gasteiger partial charge in [-0.3, -0.25) is 9.59 Å². The van der Waals surface area contributed by atoms with E-state index in [-0.39, 0.29) is 24.5 Å². The number of anilines is 1. The first kappa shape index (κ1) is 22.4. The van der Waals surface area contributed by atoms with Gasteiger partial charge in [-0.2, -0.15) is 13.2 Å². The van der Waals surface area contributed by atoms with E-state index in [4.69, 9.17) is 9.26 Å². The standard InChI is InChI=1S/C19H22F3N3O4/c1-3-28-10-4-9-25(12-17(26)23-16-11-13(2)29-24-16)18(27)14-5-7-15(8-6-14)19(20,21)22/h5-8,11H,3-4,9-10,12H2,1-2H3,(H,23,24,26). The van der Waals surface area contributed by atoms with E-state index < -0.39 is 23.6 Å². The topological polar surface area (TPSA) is 84.7 Å². The van der Waals surface area contributed by atoms with E-state index in [2.05, 4.69) is 10.5 Å². The van der Waals surface area contributed by atoms with Crippen LogP contribution in [0.25, 0.3) is 0 Å². The maximum Gasteiger partial charge on any atom is 0.416 e. The van der Waals surface area contributed by atoms with Crippen LogP contribution in [0.3, 0.4) is 0 Å². The molecule has 0 aliphatic rings. The Bertz CT molecular complexity index is 819. The molecule has 2 aromatic rings. The van der Waals surface area contributed by atoms with Gasteiger partial charge in [-0.25, -0.2) is 0 Å². The van der Waals surface area contributed by atoms with Gasteiger partial charge in [-0.15, -0.1) is 0 Å². The van der Waals surface area contributed by atoms with Crippen LogP contribution in [-0.2, 0) is 15.7 Å². The van der Waals surface area contributed by atoms with E-state index in [0.717, 1.165) is 24.3 Å². The normalized spacial score (nSPS) is 11.3. The van der Waals surface area contributed by atoms with Crippen molar-refractivity contribution in [2.75, 3.05) is 31.6 Å². The highest BCUT2D eigenvalue weighted by Crippen LogP contribution is 2.29. The second-order valence-corrected chi connectivity index (χ2v) is 6.22. The Hall–Kier alpha value is -2.88. The minimum atomic E-state index is -4.49. The number of ether oxygens (including phenoxy) is 1. The molecule has 0 bridgehead atoms. The predicted molar refractivity (Wildman–Crippen MR) is 98.3 cm³/mol. The molecule has 0 aliphatic carbocycles. The fourth-order valence-electron chi connectivity index (χ4n) is 2.52. The van der Waals surface area contributed by atoms with Gasteiger partial charge in [0.05, 0.1) is 5.56 Å². The number of aromatic nitrogens is 1. The van der Waals surface area contributed by atoms with Crippen molar-refractivity contribution in [2.24, 2.45) is 0 Å². The second kappa shape index (κ2) is 10.1. The smallest absolute Gasteiger partial charge is 0.382 e. The number of carbonyl (C=O) groups excluding carboxylic acids is 2. The zero-order valence-corrected chi connectivity index (χ0v) is 16.1. The SMILES string of the molecule is CCOCCCN(CC(=O)Nc1cc(C)on1)C(=O)c1ccc(C(F)(F)F)cc1. The summed E-state index contributed by atoms with van der Waals surface area (Å²) in [6.45, 7) is 4.30. The summed E-state index contributed by atoms with van der Waals surface area (Å²) in [7, 11) is 0. The van der Waals surface area contributed by atoms with Gasteiger partial charge in [0.1, 0.15) is 12.3 Å². The summed E-state index contributed by atoms with van der Waals surface area (Å²) in [6.07, 6.45) is -4.02. The van der Waals surface area contributed by atoms with E-state index in [9.17, 15) is 22.8 Å². The largest absolute Gasteiger partial charge is 0.416 e. The van der Waals surface area contributed by atoms with Crippen molar-refractivity contribution in [1.29, 1.82) is 0 Å². The molecule has 0 unspecified atom stereocenters. The third kappa shape index (κ3) is 6.90. The quantitative estimate of drug-likeness (QED) is 0.636. The number of alkyl halides is 3. The number of nitrogens with zero attached hydrogens (tertiary/aromatic N) is 2. The Labute approximate surface area is 165 Å². The fraction of sp³-hybridized carbons (Fsp3) is 0.421. The molecule has 10 heteroatoms. The lowest BCUT2D eigenvalue weighted by Gasteiger charge is -2.22. The van der Waals surface area contributed by atoms with Crippen molar-refractivity contribution < 1.29 is 32.0 Å². The summed E-state index contributed by atoms with van der Waals surface area (Å²) < 4.78 is 48.3. The summed E-state index contributed by atoms with van der Waals surface area (Å²) >= 11 is 0. The molecule has 0 fully saturated rings. The third-order valence-electron chi connectivity index (χ3n) is 3.90. The minimum absolute atomic E-state index is 0.0551. The lowest BCUT2D eigenvalue weighted by Crippen LogP contribution is -2.39. The molecule has 1 aromatic carbocycles. The number of benzene rings is 1. The van der Waals surface area contributed by atoms with Crippen LogP contribution in [0, 0.1) is 6.92 Å². The molecule has 2 amide bonds. The first-order valence-electron chi connectivity index (χ1n) is 8.98. The van der Waals surface area contributed by atoms with Gasteiger partial charge in [-0.05, 0) is 44.5 Å². The van der Waals surface area contributed by atoms with Crippen LogP contribution in [0.4, 0.5) is 19.0 Å². The van der Waals surface area contributed by atoms with E-state index in [1.165, 1.54) is 11.0 Å². The number of aryl methyl sites for hydroxylation is 1. The molecule has 0 saturated carbocycles. The van der Waals surface area contributed by atoms with Crippen molar-refractivity contribution in [1.82, 2.24) is 10.1 Å². The number of hydrogen-bond donors (Lipinski definition) is 1. The number of hydrogen-bond acceptors (Lipinski definition) is 5. The third-order valence-corrected chi connectivity index (χ3v) is 3.90. The van der Waals surface area contributed by atoms with Crippen molar-refractivity contribution in [3.05, 3.63) is 47.2 Å². The van der Waals surface area contributed by atoms with Gasteiger partial charge in [0, 0.05) is 31.4 Å². The van der Waals surface area contributed by atoms with Crippen LogP contribution >= 0.6 is 0 Å². The summed E-state index contributed by atoms with van der Waals surface area (Å²) in [5.74, 6) is -0.338. The highest BCUT2D eigenvalue weighted by Gasteiger charge is 2.30. The molecule has 2 rings (SSSR count). The van der Waals surface area contributed by atoms with Crippen LogP contribution < -0.4 is 5.32 Å². The van der Waals surface area contributed by atoms with Crippen molar-refractivity contribution in [3.8, 4) is 0 Å². The van der Waals surface area contributed by atoms with Crippen molar-refractivity contribution >= 4 is 17.6 Å². The molecule has 1 N–H and O–H groups in total. The lowest BCUT2D eigenvalue weighted by atomic mass is 10.1. The number of amides is 2. The monoisotopic (exact) mass is 413 g/mol. The van der Waals surface area contributed by atoms with E-state index in [1.807, 2.05) is 6.92 Å². The van der Waals surface area contributed by atoms with Crippen molar-refractivity contribution in [2.45, 2.75) is 26.4 Å². The van der Waals surface area contributed by atoms with E-state index in [0.29, 0.717) is 25.4 Å². The first-order valence-corrected chi connectivity index (χ1v) is 8.98. The molecule has 0 atom stereocenters. The number of nitrogens with one attached hydrogen (secondary N) is 1. The fourth-order valence-corrected chi connectivity index (χ4v) is 2.52. The Morgan fingerprint density at radius 1 is 1.24 bits per heavy atom. The summed E-state index contributed by atoms with van der Waals surface area (Å²) in [4.78, 5) is 26.3. The Kier molecular flexibility index (Phi) is 7.77. The highest BCUT2D eigenvalue weighted by molar-refractivity contribution is 5.99. The predicted octanol–water partition coefficient (Wildman–Crippen LogP) is 3.51. The molecule has 158 valence electrons. The van der Waals surface area contributed by atoms with Gasteiger partial charge in [0.2, 0.25) is 5.91 Å².